The molecule has 3 aromatic rings. The number of nitrogens with one attached hydrogen (secondary N) is 1. The lowest BCUT2D eigenvalue weighted by molar-refractivity contribution is 0.340. The first-order valence-electron chi connectivity index (χ1n) is 8.44. The van der Waals surface area contributed by atoms with E-state index < -0.39 is 0 Å². The fourth-order valence-electron chi connectivity index (χ4n) is 3.21. The fraction of sp³-hybridized carbons (Fsp3) is 0.333. The van der Waals surface area contributed by atoms with E-state index in [1.807, 2.05) is 28.8 Å². The maximum Gasteiger partial charge on any atom is 0.168 e. The molecule has 25 heavy (non-hydrogen) atoms. The van der Waals surface area contributed by atoms with Crippen LogP contribution in [-0.4, -0.2) is 50.5 Å². The zero-order chi connectivity index (χ0) is 17.2. The van der Waals surface area contributed by atoms with Gasteiger partial charge in [0.2, 0.25) is 0 Å². The highest BCUT2D eigenvalue weighted by Crippen LogP contribution is 2.22. The van der Waals surface area contributed by atoms with E-state index in [1.165, 1.54) is 12.7 Å². The summed E-state index contributed by atoms with van der Waals surface area (Å²) in [5.41, 5.74) is 2.91. The van der Waals surface area contributed by atoms with Crippen LogP contribution in [0, 0.1) is 5.41 Å². The molecular formula is C18H20N6O. The molecule has 0 saturated carbocycles. The van der Waals surface area contributed by atoms with E-state index >= 15 is 0 Å². The van der Waals surface area contributed by atoms with Crippen molar-refractivity contribution in [3.8, 4) is 11.4 Å². The number of imidazole rings is 1. The van der Waals surface area contributed by atoms with Crippen molar-refractivity contribution in [2.45, 2.75) is 19.3 Å². The number of benzene rings is 1. The largest absolute Gasteiger partial charge is 0.497 e. The van der Waals surface area contributed by atoms with Gasteiger partial charge < -0.3 is 9.64 Å². The Morgan fingerprint density at radius 1 is 1.04 bits per heavy atom. The monoisotopic (exact) mass is 336 g/mol. The van der Waals surface area contributed by atoms with Gasteiger partial charge in [-0.2, -0.15) is 0 Å². The third-order valence-electron chi connectivity index (χ3n) is 4.58. The number of likely N-dealkylation sites (tertiary alicyclic amines) is 1. The Kier molecular flexibility index (Phi) is 4.05. The van der Waals surface area contributed by atoms with E-state index in [2.05, 4.69) is 19.9 Å². The molecule has 1 fully saturated rings. The molecule has 0 spiro atoms. The number of hydrogen-bond donors (Lipinski definition) is 1. The van der Waals surface area contributed by atoms with Crippen LogP contribution in [0.25, 0.3) is 16.9 Å². The highest BCUT2D eigenvalue weighted by Gasteiger charge is 2.20. The number of amidine groups is 1. The molecule has 7 heteroatoms. The quantitative estimate of drug-likeness (QED) is 0.587. The van der Waals surface area contributed by atoms with E-state index in [9.17, 15) is 0 Å². The molecule has 0 atom stereocenters. The molecule has 7 nitrogen and oxygen atoms in total. The van der Waals surface area contributed by atoms with Gasteiger partial charge in [0.15, 0.2) is 5.65 Å². The molecule has 0 bridgehead atoms. The second-order valence-electron chi connectivity index (χ2n) is 6.10. The van der Waals surface area contributed by atoms with Crippen LogP contribution in [0.1, 0.15) is 25.0 Å². The average molecular weight is 336 g/mol. The Hall–Kier alpha value is -2.96. The lowest BCUT2D eigenvalue weighted by Crippen LogP contribution is -2.36. The minimum atomic E-state index is 0.437. The molecule has 0 unspecified atom stereocenters. The molecule has 1 N–H and O–H groups in total. The molecule has 4 rings (SSSR count). The van der Waals surface area contributed by atoms with E-state index in [0.29, 0.717) is 22.7 Å². The number of hydrogen-bond acceptors (Lipinski definition) is 5. The summed E-state index contributed by atoms with van der Waals surface area (Å²) in [6.07, 6.45) is 6.72. The number of rotatable bonds is 3. The minimum Gasteiger partial charge on any atom is -0.497 e. The van der Waals surface area contributed by atoms with Crippen LogP contribution < -0.4 is 4.74 Å². The summed E-state index contributed by atoms with van der Waals surface area (Å²) >= 11 is 0. The smallest absolute Gasteiger partial charge is 0.168 e. The standard InChI is InChI=1S/C18H20N6O/c1-25-14-7-5-13(6-8-14)24-12-22-16-15(20-11-21-18(16)24)17(19)23-9-3-2-4-10-23/h5-8,11-12,19H,2-4,9-10H2,1H3. The summed E-state index contributed by atoms with van der Waals surface area (Å²) in [6.45, 7) is 1.81. The summed E-state index contributed by atoms with van der Waals surface area (Å²) in [4.78, 5) is 15.3. The Morgan fingerprint density at radius 2 is 1.80 bits per heavy atom. The van der Waals surface area contributed by atoms with Crippen LogP contribution in [0.5, 0.6) is 5.75 Å². The van der Waals surface area contributed by atoms with Gasteiger partial charge in [-0.3, -0.25) is 9.98 Å². The summed E-state index contributed by atoms with van der Waals surface area (Å²) in [7, 11) is 1.65. The Labute approximate surface area is 145 Å². The Morgan fingerprint density at radius 3 is 2.52 bits per heavy atom. The fourth-order valence-corrected chi connectivity index (χ4v) is 3.21. The number of fused-ring (bicyclic) bond motifs is 1. The number of ether oxygens (including phenoxy) is 1. The Bertz CT molecular complexity index is 896. The van der Waals surface area contributed by atoms with Gasteiger partial charge in [-0.15, -0.1) is 0 Å². The molecule has 3 heterocycles. The van der Waals surface area contributed by atoms with E-state index in [1.54, 1.807) is 13.4 Å². The molecule has 0 aliphatic carbocycles. The molecule has 128 valence electrons. The van der Waals surface area contributed by atoms with Gasteiger partial charge in [0, 0.05) is 18.8 Å². The number of aromatic nitrogens is 4. The van der Waals surface area contributed by atoms with Gasteiger partial charge >= 0.3 is 0 Å². The molecular weight excluding hydrogens is 316 g/mol. The first kappa shape index (κ1) is 15.6. The lowest BCUT2D eigenvalue weighted by atomic mass is 10.1. The SMILES string of the molecule is COc1ccc(-n2cnc3c(C(=N)N4CCCCC4)ncnc32)cc1. The molecule has 2 aromatic heterocycles. The predicted octanol–water partition coefficient (Wildman–Crippen LogP) is 2.64. The lowest BCUT2D eigenvalue weighted by Gasteiger charge is -2.28. The maximum absolute atomic E-state index is 8.54. The van der Waals surface area contributed by atoms with E-state index in [-0.39, 0.29) is 0 Å². The summed E-state index contributed by atoms with van der Waals surface area (Å²) in [5.74, 6) is 1.24. The van der Waals surface area contributed by atoms with Crippen molar-refractivity contribution < 1.29 is 4.74 Å². The highest BCUT2D eigenvalue weighted by atomic mass is 16.5. The molecule has 0 radical (unpaired) electrons. The van der Waals surface area contributed by atoms with Gasteiger partial charge in [-0.25, -0.2) is 15.0 Å². The van der Waals surface area contributed by atoms with Crippen molar-refractivity contribution in [2.75, 3.05) is 20.2 Å². The van der Waals surface area contributed by atoms with Crippen molar-refractivity contribution in [3.63, 3.8) is 0 Å². The van der Waals surface area contributed by atoms with E-state index in [0.717, 1.165) is 37.4 Å². The zero-order valence-electron chi connectivity index (χ0n) is 14.1. The van der Waals surface area contributed by atoms with Crippen molar-refractivity contribution in [3.05, 3.63) is 42.6 Å². The molecule has 1 aliphatic heterocycles. The van der Waals surface area contributed by atoms with E-state index in [4.69, 9.17) is 10.1 Å². The third kappa shape index (κ3) is 2.82. The van der Waals surface area contributed by atoms with Crippen LogP contribution in [0.15, 0.2) is 36.9 Å². The van der Waals surface area contributed by atoms with Gasteiger partial charge in [0.05, 0.1) is 7.11 Å². The van der Waals surface area contributed by atoms with Crippen molar-refractivity contribution in [1.29, 1.82) is 5.41 Å². The van der Waals surface area contributed by atoms with Crippen LogP contribution in [-0.2, 0) is 0 Å². The van der Waals surface area contributed by atoms with Gasteiger partial charge in [-0.1, -0.05) is 0 Å². The second-order valence-corrected chi connectivity index (χ2v) is 6.10. The third-order valence-corrected chi connectivity index (χ3v) is 4.58. The zero-order valence-corrected chi connectivity index (χ0v) is 14.1. The van der Waals surface area contributed by atoms with Gasteiger partial charge in [0.25, 0.3) is 0 Å². The van der Waals surface area contributed by atoms with Crippen LogP contribution in [0.2, 0.25) is 0 Å². The second kappa shape index (κ2) is 6.51. The van der Waals surface area contributed by atoms with Crippen LogP contribution >= 0.6 is 0 Å². The number of methoxy groups -OCH3 is 1. The summed E-state index contributed by atoms with van der Waals surface area (Å²) in [5, 5.41) is 8.54. The normalized spacial score (nSPS) is 14.7. The van der Waals surface area contributed by atoms with Crippen LogP contribution in [0.4, 0.5) is 0 Å². The number of piperidine rings is 1. The summed E-state index contributed by atoms with van der Waals surface area (Å²) in [6, 6.07) is 7.72. The summed E-state index contributed by atoms with van der Waals surface area (Å²) < 4.78 is 7.11. The maximum atomic E-state index is 8.54. The Balaban J connectivity index is 1.73. The topological polar surface area (TPSA) is 79.9 Å². The van der Waals surface area contributed by atoms with Crippen molar-refractivity contribution in [2.24, 2.45) is 0 Å². The first-order valence-corrected chi connectivity index (χ1v) is 8.44. The van der Waals surface area contributed by atoms with Gasteiger partial charge in [-0.05, 0) is 43.5 Å². The molecule has 1 saturated heterocycles. The molecule has 1 aromatic carbocycles. The van der Waals surface area contributed by atoms with Crippen molar-refractivity contribution in [1.82, 2.24) is 24.4 Å². The van der Waals surface area contributed by atoms with Crippen molar-refractivity contribution >= 4 is 17.0 Å². The first-order chi connectivity index (χ1) is 12.3. The number of nitrogens with zero attached hydrogens (tertiary/aromatic N) is 5. The predicted molar refractivity (Wildman–Crippen MR) is 95.5 cm³/mol. The molecule has 0 amide bonds. The highest BCUT2D eigenvalue weighted by molar-refractivity contribution is 6.03. The molecule has 1 aliphatic rings. The van der Waals surface area contributed by atoms with Gasteiger partial charge in [0.1, 0.15) is 35.5 Å². The minimum absolute atomic E-state index is 0.437. The van der Waals surface area contributed by atoms with Crippen LogP contribution in [0.3, 0.4) is 0 Å². The average Bonchev–Trinajstić information content (AvgIpc) is 3.12.